The normalized spacial score (nSPS) is 29.7. The maximum Gasteiger partial charge on any atom is 0.303 e. The molecule has 2 N–H and O–H groups in total. The number of ether oxygens (including phenoxy) is 20. The highest BCUT2D eigenvalue weighted by Crippen LogP contribution is 2.41. The summed E-state index contributed by atoms with van der Waals surface area (Å²) in [7, 11) is 0. The molecule has 100 heavy (non-hydrogen) atoms. The Kier molecular flexibility index (Phi) is 34.6. The second-order valence-electron chi connectivity index (χ2n) is 22.5. The summed E-state index contributed by atoms with van der Waals surface area (Å²) in [5, 5.41) is 27.6. The van der Waals surface area contributed by atoms with Crippen molar-refractivity contribution in [2.75, 3.05) is 26.4 Å². The van der Waals surface area contributed by atoms with E-state index >= 15 is 0 Å². The van der Waals surface area contributed by atoms with Gasteiger partial charge in [-0.2, -0.15) is 0 Å². The van der Waals surface area contributed by atoms with E-state index in [1.54, 1.807) is 0 Å². The van der Waals surface area contributed by atoms with Gasteiger partial charge >= 0.3 is 83.6 Å². The first-order chi connectivity index (χ1) is 47.0. The topological polar surface area (TPSA) is 489 Å². The van der Waals surface area contributed by atoms with E-state index in [2.05, 4.69) is 10.3 Å². The molecule has 0 aromatic carbocycles. The SMILES string of the molecule is CC(=O)OC[C@H]1O[C@@H](O[C@H]2[C@H](OC(C)=O)[C@@H](OC(C)=O)[C@H](S/C(CCCCCC/C(=N/O)S[C@@H]3O[C@H](COC(C)=O)[C@@H](O[C@@H]4O[C@H](COC(C)=O)[C@H](OC(C)=O)[C@H](OC(C)=O)[C@H]4OC(C)=O)[C@H](OC(C)=O)[C@H]3OC(C)=O)=N\O)O[C@@H]2COC(C)=O)[C@H](OC(C)=O)[C@@H](OC(C)=O)[C@H]1OC(C)=O. The zero-order valence-corrected chi connectivity index (χ0v) is 58.7. The van der Waals surface area contributed by atoms with Crippen molar-refractivity contribution in [3.8, 4) is 0 Å². The van der Waals surface area contributed by atoms with Crippen molar-refractivity contribution in [2.45, 2.75) is 257 Å². The first-order valence-electron chi connectivity index (χ1n) is 31.0. The van der Waals surface area contributed by atoms with Gasteiger partial charge in [0.15, 0.2) is 73.6 Å². The van der Waals surface area contributed by atoms with E-state index in [9.17, 15) is 77.5 Å². The number of nitrogens with zero attached hydrogens (tertiary/aromatic N) is 2. The van der Waals surface area contributed by atoms with Gasteiger partial charge in [-0.3, -0.25) is 67.1 Å². The largest absolute Gasteiger partial charge is 0.463 e. The lowest BCUT2D eigenvalue weighted by Gasteiger charge is -2.48. The van der Waals surface area contributed by atoms with Crippen LogP contribution in [0.4, 0.5) is 0 Å². The summed E-state index contributed by atoms with van der Waals surface area (Å²) in [6, 6.07) is 0. The van der Waals surface area contributed by atoms with Crippen LogP contribution in [0, 0.1) is 0 Å². The summed E-state index contributed by atoms with van der Waals surface area (Å²) < 4.78 is 115. The monoisotopic (exact) mass is 1470 g/mol. The zero-order chi connectivity index (χ0) is 74.8. The molecule has 20 atom stereocenters. The van der Waals surface area contributed by atoms with Crippen LogP contribution in [-0.2, 0) is 162 Å². The molecule has 4 rings (SSSR count). The number of hydrogen-bond acceptors (Lipinski definition) is 40. The zero-order valence-electron chi connectivity index (χ0n) is 57.1. The Labute approximate surface area is 580 Å². The number of oxime groups is 2. The fourth-order valence-corrected chi connectivity index (χ4v) is 12.8. The van der Waals surface area contributed by atoms with E-state index in [1.165, 1.54) is 0 Å². The van der Waals surface area contributed by atoms with Gasteiger partial charge < -0.3 is 105 Å². The number of carbonyl (C=O) groups excluding carboxylic acids is 14. The quantitative estimate of drug-likeness (QED) is 0.0189. The maximum absolute atomic E-state index is 13.0. The Bertz CT molecular complexity index is 2770. The molecule has 4 aliphatic heterocycles. The van der Waals surface area contributed by atoms with Crippen molar-refractivity contribution in [3.05, 3.63) is 0 Å². The summed E-state index contributed by atoms with van der Waals surface area (Å²) in [6.07, 6.45) is -29.6. The summed E-state index contributed by atoms with van der Waals surface area (Å²) >= 11 is 1.39. The number of hydrogen-bond donors (Lipinski definition) is 2. The highest BCUT2D eigenvalue weighted by atomic mass is 32.2. The number of rotatable bonds is 31. The Hall–Kier alpha value is -8.02. The van der Waals surface area contributed by atoms with E-state index in [4.69, 9.17) is 94.7 Å². The van der Waals surface area contributed by atoms with Crippen LogP contribution in [0.2, 0.25) is 0 Å². The lowest BCUT2D eigenvalue weighted by Crippen LogP contribution is -2.66. The lowest BCUT2D eigenvalue weighted by atomic mass is 9.96. The van der Waals surface area contributed by atoms with E-state index in [0.717, 1.165) is 96.9 Å². The molecule has 38 nitrogen and oxygen atoms in total. The van der Waals surface area contributed by atoms with Crippen molar-refractivity contribution >= 4 is 117 Å². The number of unbranched alkanes of at least 4 members (excludes halogenated alkanes) is 3. The van der Waals surface area contributed by atoms with Gasteiger partial charge in [0.1, 0.15) is 84.0 Å². The summed E-state index contributed by atoms with van der Waals surface area (Å²) in [5.41, 5.74) is -2.95. The van der Waals surface area contributed by atoms with Crippen molar-refractivity contribution in [3.63, 3.8) is 0 Å². The predicted octanol–water partition coefficient (Wildman–Crippen LogP) is 1.61. The van der Waals surface area contributed by atoms with Gasteiger partial charge in [-0.15, -0.1) is 0 Å². The highest BCUT2D eigenvalue weighted by molar-refractivity contribution is 8.14. The van der Waals surface area contributed by atoms with Crippen molar-refractivity contribution < 1.29 is 172 Å². The minimum absolute atomic E-state index is 0.0109. The second kappa shape index (κ2) is 41.0. The molecule has 562 valence electrons. The molecule has 0 aliphatic carbocycles. The van der Waals surface area contributed by atoms with Gasteiger partial charge in [0.2, 0.25) is 0 Å². The van der Waals surface area contributed by atoms with Crippen LogP contribution in [0.1, 0.15) is 135 Å². The van der Waals surface area contributed by atoms with E-state index in [-0.39, 0.29) is 35.8 Å². The van der Waals surface area contributed by atoms with Gasteiger partial charge in [0, 0.05) is 96.9 Å². The highest BCUT2D eigenvalue weighted by Gasteiger charge is 2.60. The van der Waals surface area contributed by atoms with Crippen LogP contribution < -0.4 is 0 Å². The number of thioether (sulfide) groups is 2. The molecule has 40 heteroatoms. The Balaban J connectivity index is 1.61. The predicted molar refractivity (Wildman–Crippen MR) is 328 cm³/mol. The Morgan fingerprint density at radius 1 is 0.280 bits per heavy atom. The van der Waals surface area contributed by atoms with Crippen molar-refractivity contribution in [1.29, 1.82) is 0 Å². The van der Waals surface area contributed by atoms with Crippen molar-refractivity contribution in [2.24, 2.45) is 10.3 Å². The smallest absolute Gasteiger partial charge is 0.303 e. The third-order valence-corrected chi connectivity index (χ3v) is 16.4. The molecule has 0 saturated carbocycles. The third kappa shape index (κ3) is 27.5. The molecule has 4 fully saturated rings. The van der Waals surface area contributed by atoms with Gasteiger partial charge in [-0.05, 0) is 25.7 Å². The fraction of sp³-hybridized carbons (Fsp3) is 0.733. The summed E-state index contributed by atoms with van der Waals surface area (Å²) in [6.45, 7) is 11.4. The molecular formula is C60H84N2O36S2. The molecule has 0 radical (unpaired) electrons. The van der Waals surface area contributed by atoms with Gasteiger partial charge in [-0.25, -0.2) is 0 Å². The molecule has 0 bridgehead atoms. The molecule has 0 spiro atoms. The molecule has 0 amide bonds. The Morgan fingerprint density at radius 2 is 0.500 bits per heavy atom. The van der Waals surface area contributed by atoms with Gasteiger partial charge in [-0.1, -0.05) is 46.7 Å². The molecule has 4 aliphatic rings. The van der Waals surface area contributed by atoms with Crippen LogP contribution in [0.15, 0.2) is 10.3 Å². The van der Waals surface area contributed by atoms with Gasteiger partial charge in [0.25, 0.3) is 0 Å². The maximum atomic E-state index is 13.0. The van der Waals surface area contributed by atoms with Crippen LogP contribution >= 0.6 is 23.5 Å². The third-order valence-electron chi connectivity index (χ3n) is 14.0. The first kappa shape index (κ1) is 84.4. The number of esters is 14. The standard InChI is InChI=1S/C60H84N2O36S2/c1-25(63)79-21-39-45(83-29(5)67)49(85-31(7)69)53(89-35(11)73)57(93-39)97-47-41(23-81-27(3)65)95-59(55(91-37(13)75)51(47)87-33(9)71)99-43(61-77)19-17-15-16-18-20-44(62-78)100-60-56(92-38(14)76)52(88-34(10)72)48(42(96-60)24-82-28(4)66)98-58-54(90-36(12)74)50(86-32(8)70)46(84-30(6)68)40(94-58)22-80-26(2)64/h39-42,45-60,77-78H,15-24H2,1-14H3/b61-43-,62-44-/t39-,40-,41-,42-,45+,46+,47-,48-,49+,50+,51+,52+,53-,54-,55-,56-,57+,58+,59+,60+/m1/s1. The fourth-order valence-electron chi connectivity index (χ4n) is 10.6. The second-order valence-corrected chi connectivity index (χ2v) is 24.8. The first-order valence-corrected chi connectivity index (χ1v) is 32.7. The molecule has 4 heterocycles. The van der Waals surface area contributed by atoms with Crippen LogP contribution in [0.3, 0.4) is 0 Å². The molecule has 4 saturated heterocycles. The average Bonchev–Trinajstić information content (AvgIpc) is 0.774. The summed E-state index contributed by atoms with van der Waals surface area (Å²) in [4.78, 5) is 176. The molecular weight excluding hydrogens is 1390 g/mol. The van der Waals surface area contributed by atoms with Crippen molar-refractivity contribution in [1.82, 2.24) is 0 Å². The minimum atomic E-state index is -1.94. The van der Waals surface area contributed by atoms with Gasteiger partial charge in [0.05, 0.1) is 0 Å². The van der Waals surface area contributed by atoms with E-state index in [0.29, 0.717) is 36.4 Å². The molecule has 0 aromatic rings. The average molecular weight is 1470 g/mol. The van der Waals surface area contributed by atoms with E-state index in [1.807, 2.05) is 0 Å². The summed E-state index contributed by atoms with van der Waals surface area (Å²) in [5.74, 6) is -13.1. The van der Waals surface area contributed by atoms with Crippen LogP contribution in [0.25, 0.3) is 0 Å². The Morgan fingerprint density at radius 3 is 0.740 bits per heavy atom. The van der Waals surface area contributed by atoms with E-state index < -0.39 is 231 Å². The minimum Gasteiger partial charge on any atom is -0.463 e. The number of carbonyl (C=O) groups is 14. The molecule has 0 unspecified atom stereocenters. The van der Waals surface area contributed by atoms with Crippen LogP contribution in [-0.4, -0.2) is 252 Å². The van der Waals surface area contributed by atoms with Crippen LogP contribution in [0.5, 0.6) is 0 Å². The lowest BCUT2D eigenvalue weighted by molar-refractivity contribution is -0.341. The molecule has 0 aromatic heterocycles.